The summed E-state index contributed by atoms with van der Waals surface area (Å²) in [6.07, 6.45) is -0.197. The van der Waals surface area contributed by atoms with Crippen LogP contribution in [-0.2, 0) is 14.3 Å². The van der Waals surface area contributed by atoms with Crippen molar-refractivity contribution in [2.75, 3.05) is 46.4 Å². The third kappa shape index (κ3) is 6.52. The molecule has 1 unspecified atom stereocenters. The van der Waals surface area contributed by atoms with Crippen molar-refractivity contribution in [3.63, 3.8) is 0 Å². The van der Waals surface area contributed by atoms with Gasteiger partial charge in [0.2, 0.25) is 0 Å². The van der Waals surface area contributed by atoms with Crippen molar-refractivity contribution in [3.8, 4) is 5.75 Å². The third-order valence-corrected chi connectivity index (χ3v) is 4.55. The SMILES string of the molecule is Cc1ccc(C(C)C)c(OCC(=O)N2CCOC(CN(C)CC(=O)O)C2)c1. The van der Waals surface area contributed by atoms with Crippen LogP contribution in [0.25, 0.3) is 0 Å². The van der Waals surface area contributed by atoms with E-state index in [1.807, 2.05) is 25.1 Å². The van der Waals surface area contributed by atoms with Gasteiger partial charge >= 0.3 is 5.97 Å². The zero-order valence-electron chi connectivity index (χ0n) is 16.6. The number of carboxylic acid groups (broad SMARTS) is 1. The number of carboxylic acids is 1. The van der Waals surface area contributed by atoms with Gasteiger partial charge in [-0.3, -0.25) is 14.5 Å². The number of hydrogen-bond donors (Lipinski definition) is 1. The normalized spacial score (nSPS) is 17.4. The predicted octanol–water partition coefficient (Wildman–Crippen LogP) is 1.74. The number of ether oxygens (including phenoxy) is 2. The molecule has 0 saturated carbocycles. The molecule has 0 aromatic heterocycles. The molecule has 27 heavy (non-hydrogen) atoms. The molecule has 1 N–H and O–H groups in total. The fraction of sp³-hybridized carbons (Fsp3) is 0.600. The molecule has 1 amide bonds. The van der Waals surface area contributed by atoms with Gasteiger partial charge in [0.15, 0.2) is 6.61 Å². The van der Waals surface area contributed by atoms with E-state index in [1.165, 1.54) is 0 Å². The molecular weight excluding hydrogens is 348 g/mol. The Hall–Kier alpha value is -2.12. The number of morpholine rings is 1. The topological polar surface area (TPSA) is 79.3 Å². The van der Waals surface area contributed by atoms with Crippen LogP contribution in [0.4, 0.5) is 0 Å². The maximum absolute atomic E-state index is 12.6. The van der Waals surface area contributed by atoms with Gasteiger partial charge < -0.3 is 19.5 Å². The average Bonchev–Trinajstić information content (AvgIpc) is 2.58. The summed E-state index contributed by atoms with van der Waals surface area (Å²) in [6, 6.07) is 6.05. The first-order valence-corrected chi connectivity index (χ1v) is 9.29. The van der Waals surface area contributed by atoms with Crippen LogP contribution in [0.3, 0.4) is 0 Å². The van der Waals surface area contributed by atoms with Crippen LogP contribution < -0.4 is 4.74 Å². The Bertz CT molecular complexity index is 662. The van der Waals surface area contributed by atoms with Crippen molar-refractivity contribution in [3.05, 3.63) is 29.3 Å². The molecule has 1 atom stereocenters. The number of carbonyl (C=O) groups excluding carboxylic acids is 1. The molecule has 1 heterocycles. The van der Waals surface area contributed by atoms with Gasteiger partial charge in [0.25, 0.3) is 5.91 Å². The lowest BCUT2D eigenvalue weighted by Gasteiger charge is -2.34. The number of carbonyl (C=O) groups is 2. The van der Waals surface area contributed by atoms with Gasteiger partial charge in [-0.05, 0) is 37.1 Å². The van der Waals surface area contributed by atoms with E-state index < -0.39 is 5.97 Å². The van der Waals surface area contributed by atoms with E-state index in [2.05, 4.69) is 13.8 Å². The van der Waals surface area contributed by atoms with E-state index in [0.29, 0.717) is 32.2 Å². The number of rotatable bonds is 8. The molecule has 1 fully saturated rings. The lowest BCUT2D eigenvalue weighted by atomic mass is 10.0. The van der Waals surface area contributed by atoms with Crippen molar-refractivity contribution in [1.29, 1.82) is 0 Å². The van der Waals surface area contributed by atoms with E-state index in [4.69, 9.17) is 14.6 Å². The summed E-state index contributed by atoms with van der Waals surface area (Å²) in [6.45, 7) is 8.00. The Labute approximate surface area is 160 Å². The molecular formula is C20H30N2O5. The molecule has 0 aliphatic carbocycles. The second-order valence-corrected chi connectivity index (χ2v) is 7.41. The van der Waals surface area contributed by atoms with Gasteiger partial charge in [0.05, 0.1) is 19.3 Å². The van der Waals surface area contributed by atoms with Gasteiger partial charge in [0.1, 0.15) is 5.75 Å². The first-order valence-electron chi connectivity index (χ1n) is 9.29. The molecule has 0 radical (unpaired) electrons. The summed E-state index contributed by atoms with van der Waals surface area (Å²) < 4.78 is 11.5. The van der Waals surface area contributed by atoms with Gasteiger partial charge in [-0.1, -0.05) is 26.0 Å². The van der Waals surface area contributed by atoms with Gasteiger partial charge in [-0.25, -0.2) is 0 Å². The molecule has 1 saturated heterocycles. The number of aryl methyl sites for hydroxylation is 1. The highest BCUT2D eigenvalue weighted by atomic mass is 16.5. The van der Waals surface area contributed by atoms with E-state index >= 15 is 0 Å². The highest BCUT2D eigenvalue weighted by molar-refractivity contribution is 5.78. The standard InChI is InChI=1S/C20H30N2O5/c1-14(2)17-6-5-15(3)9-18(17)27-13-19(23)22-7-8-26-16(11-22)10-21(4)12-20(24)25/h5-6,9,14,16H,7-8,10-13H2,1-4H3,(H,24,25). The predicted molar refractivity (Wildman–Crippen MR) is 102 cm³/mol. The van der Waals surface area contributed by atoms with E-state index in [9.17, 15) is 9.59 Å². The summed E-state index contributed by atoms with van der Waals surface area (Å²) in [4.78, 5) is 26.8. The number of nitrogens with zero attached hydrogens (tertiary/aromatic N) is 2. The molecule has 2 rings (SSSR count). The largest absolute Gasteiger partial charge is 0.483 e. The smallest absolute Gasteiger partial charge is 0.317 e. The molecule has 7 heteroatoms. The van der Waals surface area contributed by atoms with Crippen LogP contribution in [0.2, 0.25) is 0 Å². The summed E-state index contributed by atoms with van der Waals surface area (Å²) in [5, 5.41) is 8.85. The Balaban J connectivity index is 1.90. The Kier molecular flexibility index (Phi) is 7.62. The maximum Gasteiger partial charge on any atom is 0.317 e. The van der Waals surface area contributed by atoms with Crippen LogP contribution in [0, 0.1) is 6.92 Å². The minimum absolute atomic E-state index is 0.0130. The Morgan fingerprint density at radius 1 is 1.41 bits per heavy atom. The van der Waals surface area contributed by atoms with Gasteiger partial charge in [-0.15, -0.1) is 0 Å². The van der Waals surface area contributed by atoms with Crippen LogP contribution >= 0.6 is 0 Å². The maximum atomic E-state index is 12.6. The summed E-state index contributed by atoms with van der Waals surface area (Å²) in [5.74, 6) is 0.103. The molecule has 0 spiro atoms. The Morgan fingerprint density at radius 3 is 2.81 bits per heavy atom. The first-order chi connectivity index (χ1) is 12.8. The van der Waals surface area contributed by atoms with Gasteiger partial charge in [-0.2, -0.15) is 0 Å². The van der Waals surface area contributed by atoms with E-state index in [1.54, 1.807) is 16.8 Å². The number of aliphatic carboxylic acids is 1. The van der Waals surface area contributed by atoms with Crippen LogP contribution in [0.15, 0.2) is 18.2 Å². The summed E-state index contributed by atoms with van der Waals surface area (Å²) >= 11 is 0. The van der Waals surface area contributed by atoms with Crippen molar-refractivity contribution < 1.29 is 24.2 Å². The highest BCUT2D eigenvalue weighted by Crippen LogP contribution is 2.27. The minimum Gasteiger partial charge on any atom is -0.483 e. The van der Waals surface area contributed by atoms with E-state index in [0.717, 1.165) is 16.9 Å². The third-order valence-electron chi connectivity index (χ3n) is 4.55. The van der Waals surface area contributed by atoms with Crippen molar-refractivity contribution >= 4 is 11.9 Å². The van der Waals surface area contributed by atoms with Crippen LogP contribution in [0.1, 0.15) is 30.9 Å². The fourth-order valence-corrected chi connectivity index (χ4v) is 3.17. The van der Waals surface area contributed by atoms with Crippen LogP contribution in [-0.4, -0.2) is 79.3 Å². The Morgan fingerprint density at radius 2 is 2.15 bits per heavy atom. The van der Waals surface area contributed by atoms with Crippen molar-refractivity contribution in [2.24, 2.45) is 0 Å². The van der Waals surface area contributed by atoms with E-state index in [-0.39, 0.29) is 25.2 Å². The van der Waals surface area contributed by atoms with Crippen LogP contribution in [0.5, 0.6) is 5.75 Å². The summed E-state index contributed by atoms with van der Waals surface area (Å²) in [7, 11) is 1.73. The number of likely N-dealkylation sites (N-methyl/N-ethyl adjacent to an activating group) is 1. The zero-order valence-corrected chi connectivity index (χ0v) is 16.6. The zero-order chi connectivity index (χ0) is 20.0. The second kappa shape index (κ2) is 9.71. The fourth-order valence-electron chi connectivity index (χ4n) is 3.17. The minimum atomic E-state index is -0.881. The molecule has 0 bridgehead atoms. The summed E-state index contributed by atoms with van der Waals surface area (Å²) in [5.41, 5.74) is 2.18. The average molecular weight is 378 g/mol. The lowest BCUT2D eigenvalue weighted by Crippen LogP contribution is -2.50. The molecule has 150 valence electrons. The van der Waals surface area contributed by atoms with Crippen molar-refractivity contribution in [1.82, 2.24) is 9.80 Å². The quantitative estimate of drug-likeness (QED) is 0.742. The molecule has 1 aliphatic heterocycles. The van der Waals surface area contributed by atoms with Crippen molar-refractivity contribution in [2.45, 2.75) is 32.8 Å². The first kappa shape index (κ1) is 21.2. The molecule has 7 nitrogen and oxygen atoms in total. The second-order valence-electron chi connectivity index (χ2n) is 7.41. The highest BCUT2D eigenvalue weighted by Gasteiger charge is 2.26. The number of hydrogen-bond acceptors (Lipinski definition) is 5. The number of amides is 1. The molecule has 1 aromatic carbocycles. The monoisotopic (exact) mass is 378 g/mol. The number of benzene rings is 1. The van der Waals surface area contributed by atoms with Gasteiger partial charge in [0, 0.05) is 19.6 Å². The molecule has 1 aliphatic rings. The lowest BCUT2D eigenvalue weighted by molar-refractivity contribution is -0.143. The molecule has 1 aromatic rings.